The van der Waals surface area contributed by atoms with Gasteiger partial charge in [-0.2, -0.15) is 0 Å². The summed E-state index contributed by atoms with van der Waals surface area (Å²) in [6.07, 6.45) is 4.31. The number of fused-ring (bicyclic) bond motifs is 4. The number of halogens is 2. The first-order valence-corrected chi connectivity index (χ1v) is 31.2. The summed E-state index contributed by atoms with van der Waals surface area (Å²) < 4.78 is 1.41. The van der Waals surface area contributed by atoms with Crippen molar-refractivity contribution < 1.29 is 15.6 Å². The van der Waals surface area contributed by atoms with E-state index >= 15 is 0 Å². The third kappa shape index (κ3) is 4.25. The first-order valence-electron chi connectivity index (χ1n) is 15.1. The predicted molar refractivity (Wildman–Crippen MR) is 183 cm³/mol. The van der Waals surface area contributed by atoms with E-state index in [1.807, 2.05) is 0 Å². The zero-order chi connectivity index (χ0) is 29.1. The fraction of sp³-hybridized carbons (Fsp3) is 0.158. The van der Waals surface area contributed by atoms with Crippen LogP contribution in [0.3, 0.4) is 0 Å². The Bertz CT molecular complexity index is 1850. The van der Waals surface area contributed by atoms with Crippen LogP contribution in [0.5, 0.6) is 0 Å². The van der Waals surface area contributed by atoms with Crippen LogP contribution in [0.15, 0.2) is 121 Å². The van der Waals surface area contributed by atoms with Gasteiger partial charge < -0.3 is 0 Å². The van der Waals surface area contributed by atoms with E-state index in [0.717, 1.165) is 12.8 Å². The molecule has 2 aliphatic rings. The molecular formula is C38H35Cl2SiZr. The summed E-state index contributed by atoms with van der Waals surface area (Å²) >= 11 is -4.71. The Morgan fingerprint density at radius 2 is 1.29 bits per heavy atom. The monoisotopic (exact) mass is 679 g/mol. The molecule has 0 amide bonds. The van der Waals surface area contributed by atoms with Gasteiger partial charge in [-0.15, -0.1) is 0 Å². The van der Waals surface area contributed by atoms with E-state index in [4.69, 9.17) is 17.0 Å². The van der Waals surface area contributed by atoms with E-state index in [2.05, 4.69) is 141 Å². The first kappa shape index (κ1) is 28.3. The molecule has 0 radical (unpaired) electrons. The molecule has 1 atom stereocenters. The molecule has 0 aromatic heterocycles. The molecule has 1 unspecified atom stereocenters. The Hall–Kier alpha value is -2.48. The molecule has 5 aromatic rings. The summed E-state index contributed by atoms with van der Waals surface area (Å²) in [5.74, 6) is -1.57. The molecule has 0 fully saturated rings. The van der Waals surface area contributed by atoms with Gasteiger partial charge in [0.2, 0.25) is 0 Å². The van der Waals surface area contributed by atoms with Crippen molar-refractivity contribution in [2.45, 2.75) is 36.5 Å². The Labute approximate surface area is 258 Å². The zero-order valence-corrected chi connectivity index (χ0v) is 29.5. The van der Waals surface area contributed by atoms with Gasteiger partial charge >= 0.3 is 261 Å². The normalized spacial score (nSPS) is 16.4. The molecule has 0 saturated carbocycles. The van der Waals surface area contributed by atoms with Gasteiger partial charge in [-0.05, 0) is 0 Å². The molecular weight excluding hydrogens is 647 g/mol. The van der Waals surface area contributed by atoms with E-state index in [1.54, 1.807) is 0 Å². The maximum absolute atomic E-state index is 8.37. The van der Waals surface area contributed by atoms with Crippen molar-refractivity contribution in [2.24, 2.45) is 0 Å². The van der Waals surface area contributed by atoms with Crippen LogP contribution < -0.4 is 3.27 Å². The molecule has 0 nitrogen and oxygen atoms in total. The van der Waals surface area contributed by atoms with Crippen molar-refractivity contribution in [3.8, 4) is 33.4 Å². The van der Waals surface area contributed by atoms with Crippen molar-refractivity contribution in [1.29, 1.82) is 0 Å². The number of benzene rings is 5. The van der Waals surface area contributed by atoms with Gasteiger partial charge in [-0.1, -0.05) is 0 Å². The molecule has 0 spiro atoms. The van der Waals surface area contributed by atoms with Crippen molar-refractivity contribution in [1.82, 2.24) is 0 Å². The summed E-state index contributed by atoms with van der Waals surface area (Å²) in [5.41, 5.74) is 14.4. The number of hydrogen-bond acceptors (Lipinski definition) is 0. The number of rotatable bonds is 6. The van der Waals surface area contributed by atoms with Gasteiger partial charge in [-0.3, -0.25) is 0 Å². The fourth-order valence-corrected chi connectivity index (χ4v) is 35.5. The van der Waals surface area contributed by atoms with Crippen LogP contribution in [0.1, 0.15) is 39.2 Å². The third-order valence-electron chi connectivity index (χ3n) is 9.82. The summed E-state index contributed by atoms with van der Waals surface area (Å²) in [6.45, 7) is 7.09. The Morgan fingerprint density at radius 3 is 2.02 bits per heavy atom. The van der Waals surface area contributed by atoms with Crippen molar-refractivity contribution >= 4 is 32.3 Å². The van der Waals surface area contributed by atoms with E-state index in [-0.39, 0.29) is 3.63 Å². The van der Waals surface area contributed by atoms with Crippen LogP contribution in [0, 0.1) is 0 Å². The molecule has 0 bridgehead atoms. The molecule has 42 heavy (non-hydrogen) atoms. The molecule has 209 valence electrons. The molecule has 0 aliphatic heterocycles. The number of hydrogen-bond donors (Lipinski definition) is 0. The van der Waals surface area contributed by atoms with E-state index in [0.29, 0.717) is 0 Å². The standard InChI is InChI=1S/C23H19.C13H9.C2H7Si.2ClH.Zr/c1-2-17-15-21-9-6-10-22(23(21)16-17)20-13-11-19(12-14-20)18-7-4-3-5-8-18;1-3-7-12-10(5-1)9-11-6-2-4-8-13(11)12;1-3-2;;;/h3-16H,2H2,1H3;1-5,7-8H,9H2;3H,1-2H3;2*1H;/q;;;;;+2/p-2. The second-order valence-electron chi connectivity index (χ2n) is 12.2. The Kier molecular flexibility index (Phi) is 7.14. The van der Waals surface area contributed by atoms with Crippen molar-refractivity contribution in [3.05, 3.63) is 143 Å². The quantitative estimate of drug-likeness (QED) is 0.154. The average Bonchev–Trinajstić information content (AvgIpc) is 3.61. The first-order chi connectivity index (χ1) is 20.3. The van der Waals surface area contributed by atoms with Gasteiger partial charge in [-0.25, -0.2) is 0 Å². The van der Waals surface area contributed by atoms with Crippen molar-refractivity contribution in [2.75, 3.05) is 0 Å². The van der Waals surface area contributed by atoms with E-state index in [9.17, 15) is 0 Å². The predicted octanol–water partition coefficient (Wildman–Crippen LogP) is 10.7. The van der Waals surface area contributed by atoms with Crippen LogP contribution in [0.4, 0.5) is 0 Å². The van der Waals surface area contributed by atoms with Gasteiger partial charge in [0, 0.05) is 0 Å². The van der Waals surface area contributed by atoms with Gasteiger partial charge in [0.15, 0.2) is 0 Å². The van der Waals surface area contributed by atoms with Crippen LogP contribution in [0.2, 0.25) is 13.1 Å². The molecule has 0 saturated heterocycles. The molecule has 7 rings (SSSR count). The van der Waals surface area contributed by atoms with E-state index < -0.39 is 21.5 Å². The summed E-state index contributed by atoms with van der Waals surface area (Å²) in [4.78, 5) is 0. The summed E-state index contributed by atoms with van der Waals surface area (Å²) in [7, 11) is 16.7. The van der Waals surface area contributed by atoms with Crippen LogP contribution >= 0.6 is 17.0 Å². The fourth-order valence-electron chi connectivity index (χ4n) is 7.52. The molecule has 4 heteroatoms. The van der Waals surface area contributed by atoms with Crippen molar-refractivity contribution in [3.63, 3.8) is 0 Å². The zero-order valence-electron chi connectivity index (χ0n) is 24.4. The Morgan fingerprint density at radius 1 is 0.667 bits per heavy atom. The molecule has 0 heterocycles. The second-order valence-corrected chi connectivity index (χ2v) is 53.7. The SMILES string of the molecule is CCC1=Cc2c(-c3ccc(-c4ccccc4)cc3)cccc2[CH]1[Zr]([Cl])([Cl])([c]1cccc2c1Cc1ccccc1-2)[SiH](C)C. The molecule has 2 aliphatic carbocycles. The van der Waals surface area contributed by atoms with Crippen LogP contribution in [0.25, 0.3) is 39.5 Å². The van der Waals surface area contributed by atoms with E-state index in [1.165, 1.54) is 64.5 Å². The third-order valence-corrected chi connectivity index (χ3v) is 59.8. The second kappa shape index (κ2) is 10.6. The minimum absolute atomic E-state index is 0.0974. The average molecular weight is 682 g/mol. The molecule has 0 N–H and O–H groups in total. The van der Waals surface area contributed by atoms with Crippen LogP contribution in [-0.4, -0.2) is 5.92 Å². The topological polar surface area (TPSA) is 0 Å². The molecule has 5 aromatic carbocycles. The van der Waals surface area contributed by atoms with Crippen LogP contribution in [-0.2, 0) is 22.0 Å². The summed E-state index contributed by atoms with van der Waals surface area (Å²) in [6, 6.07) is 42.0. The Balaban J connectivity index is 1.38. The maximum atomic E-state index is 8.37. The van der Waals surface area contributed by atoms with Gasteiger partial charge in [0.1, 0.15) is 0 Å². The van der Waals surface area contributed by atoms with Gasteiger partial charge in [0.25, 0.3) is 0 Å². The summed E-state index contributed by atoms with van der Waals surface area (Å²) in [5, 5.41) is 0. The van der Waals surface area contributed by atoms with Gasteiger partial charge in [0.05, 0.1) is 0 Å². The minimum atomic E-state index is -4.71. The number of allylic oxidation sites excluding steroid dienone is 1.